The predicted octanol–water partition coefficient (Wildman–Crippen LogP) is 2.34. The number of aliphatic hydroxyl groups excluding tert-OH is 1. The first kappa shape index (κ1) is 16.8. The third-order valence-electron chi connectivity index (χ3n) is 4.79. The summed E-state index contributed by atoms with van der Waals surface area (Å²) in [5.41, 5.74) is 1.93. The van der Waals surface area contributed by atoms with E-state index in [1.807, 2.05) is 17.6 Å². The second kappa shape index (κ2) is 7.21. The van der Waals surface area contributed by atoms with Gasteiger partial charge in [0.25, 0.3) is 5.91 Å². The minimum atomic E-state index is -0.522. The van der Waals surface area contributed by atoms with Gasteiger partial charge in [-0.1, -0.05) is 26.2 Å². The molecule has 1 aliphatic rings. The highest BCUT2D eigenvalue weighted by atomic mass is 16.3. The molecule has 3 N–H and O–H groups in total. The number of hydrogen-bond acceptors (Lipinski definition) is 3. The first-order valence-corrected chi connectivity index (χ1v) is 8.80. The zero-order chi connectivity index (χ0) is 17.1. The lowest BCUT2D eigenvalue weighted by atomic mass is 10.1. The van der Waals surface area contributed by atoms with Gasteiger partial charge in [0.2, 0.25) is 0 Å². The summed E-state index contributed by atoms with van der Waals surface area (Å²) < 4.78 is 1.83. The van der Waals surface area contributed by atoms with E-state index in [2.05, 4.69) is 10.3 Å². The Balaban J connectivity index is 1.79. The van der Waals surface area contributed by atoms with E-state index in [-0.39, 0.29) is 24.2 Å². The fourth-order valence-corrected chi connectivity index (χ4v) is 3.55. The minimum absolute atomic E-state index is 0.104. The maximum Gasteiger partial charge on any atom is 0.326 e. The van der Waals surface area contributed by atoms with Crippen molar-refractivity contribution in [1.29, 1.82) is 0 Å². The molecule has 0 aliphatic heterocycles. The standard InChI is InChI=1S/C18H25N3O3/c1-2-5-14(22)11-19-17(23)12-8-9-16-15(10-12)20-18(24)21(16)13-6-3-4-7-13/h8-10,13-14,22H,2-7,11H2,1H3,(H,19,23)(H,20,24). The van der Waals surface area contributed by atoms with Crippen LogP contribution < -0.4 is 11.0 Å². The maximum atomic E-state index is 12.3. The molecule has 130 valence electrons. The Bertz CT molecular complexity index is 771. The molecular formula is C18H25N3O3. The van der Waals surface area contributed by atoms with Gasteiger partial charge in [0.1, 0.15) is 0 Å². The fourth-order valence-electron chi connectivity index (χ4n) is 3.55. The van der Waals surface area contributed by atoms with Crippen LogP contribution in [0, 0.1) is 0 Å². The van der Waals surface area contributed by atoms with Crippen molar-refractivity contribution in [2.24, 2.45) is 0 Å². The summed E-state index contributed by atoms with van der Waals surface area (Å²) in [4.78, 5) is 27.4. The number of nitrogens with one attached hydrogen (secondary N) is 2. The SMILES string of the molecule is CCCC(O)CNC(=O)c1ccc2c(c1)[nH]c(=O)n2C1CCCC1. The molecular weight excluding hydrogens is 306 g/mol. The van der Waals surface area contributed by atoms with Crippen molar-refractivity contribution in [2.75, 3.05) is 6.54 Å². The molecule has 1 aromatic heterocycles. The van der Waals surface area contributed by atoms with Crippen molar-refractivity contribution >= 4 is 16.9 Å². The van der Waals surface area contributed by atoms with Crippen molar-refractivity contribution < 1.29 is 9.90 Å². The van der Waals surface area contributed by atoms with Gasteiger partial charge in [0.05, 0.1) is 17.1 Å². The molecule has 1 amide bonds. The summed E-state index contributed by atoms with van der Waals surface area (Å²) in [6, 6.07) is 5.55. The molecule has 3 rings (SSSR count). The van der Waals surface area contributed by atoms with Crippen LogP contribution in [0.25, 0.3) is 11.0 Å². The van der Waals surface area contributed by atoms with Crippen LogP contribution in [0.1, 0.15) is 61.8 Å². The van der Waals surface area contributed by atoms with Crippen LogP contribution in [0.15, 0.2) is 23.0 Å². The Labute approximate surface area is 140 Å². The lowest BCUT2D eigenvalue weighted by Crippen LogP contribution is -2.31. The highest BCUT2D eigenvalue weighted by molar-refractivity contribution is 5.97. The van der Waals surface area contributed by atoms with Gasteiger partial charge in [-0.3, -0.25) is 9.36 Å². The Morgan fingerprint density at radius 3 is 2.88 bits per heavy atom. The van der Waals surface area contributed by atoms with E-state index >= 15 is 0 Å². The number of imidazole rings is 1. The van der Waals surface area contributed by atoms with Gasteiger partial charge in [0, 0.05) is 18.2 Å². The van der Waals surface area contributed by atoms with Gasteiger partial charge in [0.15, 0.2) is 0 Å². The quantitative estimate of drug-likeness (QED) is 0.759. The average Bonchev–Trinajstić information content (AvgIpc) is 3.18. The summed E-state index contributed by atoms with van der Waals surface area (Å²) in [5, 5.41) is 12.4. The van der Waals surface area contributed by atoms with Gasteiger partial charge < -0.3 is 15.4 Å². The van der Waals surface area contributed by atoms with E-state index in [1.165, 1.54) is 0 Å². The maximum absolute atomic E-state index is 12.3. The Hall–Kier alpha value is -2.08. The summed E-state index contributed by atoms with van der Waals surface area (Å²) >= 11 is 0. The molecule has 1 unspecified atom stereocenters. The largest absolute Gasteiger partial charge is 0.391 e. The minimum Gasteiger partial charge on any atom is -0.391 e. The van der Waals surface area contributed by atoms with E-state index < -0.39 is 6.10 Å². The topological polar surface area (TPSA) is 87.1 Å². The predicted molar refractivity (Wildman–Crippen MR) is 93.3 cm³/mol. The lowest BCUT2D eigenvalue weighted by Gasteiger charge is -2.12. The first-order chi connectivity index (χ1) is 11.6. The van der Waals surface area contributed by atoms with Gasteiger partial charge in [-0.05, 0) is 37.5 Å². The molecule has 1 atom stereocenters. The van der Waals surface area contributed by atoms with Crippen molar-refractivity contribution in [2.45, 2.75) is 57.6 Å². The molecule has 0 radical (unpaired) electrons. The number of carbonyl (C=O) groups excluding carboxylic acids is 1. The number of amides is 1. The molecule has 0 saturated heterocycles. The van der Waals surface area contributed by atoms with E-state index in [9.17, 15) is 14.7 Å². The fraction of sp³-hybridized carbons (Fsp3) is 0.556. The van der Waals surface area contributed by atoms with Gasteiger partial charge in [-0.15, -0.1) is 0 Å². The first-order valence-electron chi connectivity index (χ1n) is 8.80. The number of rotatable bonds is 6. The zero-order valence-corrected chi connectivity index (χ0v) is 14.0. The monoisotopic (exact) mass is 331 g/mol. The molecule has 1 aromatic carbocycles. The summed E-state index contributed by atoms with van der Waals surface area (Å²) in [7, 11) is 0. The number of fused-ring (bicyclic) bond motifs is 1. The van der Waals surface area contributed by atoms with Crippen LogP contribution in [-0.2, 0) is 0 Å². The van der Waals surface area contributed by atoms with Gasteiger partial charge in [-0.2, -0.15) is 0 Å². The third kappa shape index (κ3) is 3.38. The number of benzene rings is 1. The second-order valence-corrected chi connectivity index (χ2v) is 6.62. The third-order valence-corrected chi connectivity index (χ3v) is 4.79. The van der Waals surface area contributed by atoms with E-state index in [1.54, 1.807) is 12.1 Å². The van der Waals surface area contributed by atoms with E-state index in [4.69, 9.17) is 0 Å². The van der Waals surface area contributed by atoms with Crippen molar-refractivity contribution in [3.63, 3.8) is 0 Å². The van der Waals surface area contributed by atoms with Crippen molar-refractivity contribution in [3.8, 4) is 0 Å². The lowest BCUT2D eigenvalue weighted by molar-refractivity contribution is 0.0910. The summed E-state index contributed by atoms with van der Waals surface area (Å²) in [6.07, 6.45) is 5.39. The summed E-state index contributed by atoms with van der Waals surface area (Å²) in [6.45, 7) is 2.23. The number of aliphatic hydroxyl groups is 1. The van der Waals surface area contributed by atoms with E-state index in [0.717, 1.165) is 37.6 Å². The van der Waals surface area contributed by atoms with Gasteiger partial charge >= 0.3 is 5.69 Å². The normalized spacial score (nSPS) is 16.6. The Morgan fingerprint density at radius 2 is 2.17 bits per heavy atom. The van der Waals surface area contributed by atoms with Crippen LogP contribution in [0.5, 0.6) is 0 Å². The smallest absolute Gasteiger partial charge is 0.326 e. The molecule has 0 spiro atoms. The number of nitrogens with zero attached hydrogens (tertiary/aromatic N) is 1. The number of aromatic amines is 1. The van der Waals surface area contributed by atoms with Crippen LogP contribution in [0.3, 0.4) is 0 Å². The zero-order valence-electron chi connectivity index (χ0n) is 14.0. The van der Waals surface area contributed by atoms with Crippen LogP contribution >= 0.6 is 0 Å². The number of hydrogen-bond donors (Lipinski definition) is 3. The summed E-state index contributed by atoms with van der Waals surface area (Å²) in [5.74, 6) is -0.235. The van der Waals surface area contributed by atoms with E-state index in [0.29, 0.717) is 17.5 Å². The molecule has 1 saturated carbocycles. The number of carbonyl (C=O) groups is 1. The van der Waals surface area contributed by atoms with Crippen LogP contribution in [0.4, 0.5) is 0 Å². The molecule has 1 fully saturated rings. The molecule has 2 aromatic rings. The van der Waals surface area contributed by atoms with Gasteiger partial charge in [-0.25, -0.2) is 4.79 Å². The van der Waals surface area contributed by atoms with Crippen molar-refractivity contribution in [1.82, 2.24) is 14.9 Å². The average molecular weight is 331 g/mol. The highest BCUT2D eigenvalue weighted by Crippen LogP contribution is 2.30. The number of H-pyrrole nitrogens is 1. The molecule has 0 bridgehead atoms. The molecule has 6 nitrogen and oxygen atoms in total. The second-order valence-electron chi connectivity index (χ2n) is 6.62. The highest BCUT2D eigenvalue weighted by Gasteiger charge is 2.21. The molecule has 1 heterocycles. The molecule has 24 heavy (non-hydrogen) atoms. The molecule has 6 heteroatoms. The molecule has 1 aliphatic carbocycles. The number of aromatic nitrogens is 2. The Morgan fingerprint density at radius 1 is 1.42 bits per heavy atom. The Kier molecular flexibility index (Phi) is 5.04. The van der Waals surface area contributed by atoms with Crippen LogP contribution in [0.2, 0.25) is 0 Å². The van der Waals surface area contributed by atoms with Crippen LogP contribution in [-0.4, -0.2) is 33.2 Å². The van der Waals surface area contributed by atoms with Crippen molar-refractivity contribution in [3.05, 3.63) is 34.2 Å².